The molecule has 2 aromatic rings. The minimum atomic E-state index is -3.68. The molecule has 0 unspecified atom stereocenters. The number of halogens is 1. The van der Waals surface area contributed by atoms with Crippen molar-refractivity contribution in [3.8, 4) is 5.75 Å². The van der Waals surface area contributed by atoms with Gasteiger partial charge in [-0.05, 0) is 61.7 Å². The molecule has 2 aromatic carbocycles. The maximum absolute atomic E-state index is 12.4. The molecule has 180 valence electrons. The number of hydrogen-bond donors (Lipinski definition) is 4. The van der Waals surface area contributed by atoms with E-state index in [1.54, 1.807) is 43.5 Å². The average Bonchev–Trinajstić information content (AvgIpc) is 2.80. The van der Waals surface area contributed by atoms with Gasteiger partial charge in [-0.1, -0.05) is 17.7 Å². The Labute approximate surface area is 198 Å². The second-order valence-corrected chi connectivity index (χ2v) is 9.84. The van der Waals surface area contributed by atoms with Gasteiger partial charge >= 0.3 is 6.03 Å². The molecule has 0 spiro atoms. The Kier molecular flexibility index (Phi) is 8.93. The van der Waals surface area contributed by atoms with Gasteiger partial charge < -0.3 is 25.2 Å². The summed E-state index contributed by atoms with van der Waals surface area (Å²) in [5.41, 5.74) is 0.607. The van der Waals surface area contributed by atoms with Gasteiger partial charge in [-0.15, -0.1) is 0 Å². The molecule has 0 bridgehead atoms. The quantitative estimate of drug-likeness (QED) is 0.422. The van der Waals surface area contributed by atoms with E-state index in [9.17, 15) is 18.3 Å². The Hall–Kier alpha value is -2.37. The van der Waals surface area contributed by atoms with Crippen LogP contribution in [0.2, 0.25) is 5.02 Å². The van der Waals surface area contributed by atoms with Gasteiger partial charge in [0.15, 0.2) is 0 Å². The van der Waals surface area contributed by atoms with Gasteiger partial charge in [-0.3, -0.25) is 0 Å². The molecular formula is C22H28ClN3O6S. The van der Waals surface area contributed by atoms with Crippen LogP contribution in [0.5, 0.6) is 5.75 Å². The molecular weight excluding hydrogens is 470 g/mol. The molecule has 0 radical (unpaired) electrons. The van der Waals surface area contributed by atoms with Crippen LogP contribution in [0.4, 0.5) is 10.5 Å². The molecule has 3 atom stereocenters. The lowest BCUT2D eigenvalue weighted by molar-refractivity contribution is -0.0884. The van der Waals surface area contributed by atoms with E-state index in [0.29, 0.717) is 35.7 Å². The van der Waals surface area contributed by atoms with Gasteiger partial charge in [0.2, 0.25) is 10.0 Å². The third kappa shape index (κ3) is 7.31. The van der Waals surface area contributed by atoms with Crippen molar-refractivity contribution in [2.24, 2.45) is 0 Å². The molecule has 0 aromatic heterocycles. The Morgan fingerprint density at radius 1 is 1.21 bits per heavy atom. The summed E-state index contributed by atoms with van der Waals surface area (Å²) in [6.07, 6.45) is 0.804. The highest BCUT2D eigenvalue weighted by molar-refractivity contribution is 7.89. The topological polar surface area (TPSA) is 126 Å². The monoisotopic (exact) mass is 497 g/mol. The van der Waals surface area contributed by atoms with E-state index in [-0.39, 0.29) is 30.2 Å². The number of benzene rings is 2. The Bertz CT molecular complexity index is 1030. The van der Waals surface area contributed by atoms with Crippen molar-refractivity contribution in [1.29, 1.82) is 0 Å². The summed E-state index contributed by atoms with van der Waals surface area (Å²) in [4.78, 5) is 12.4. The Morgan fingerprint density at radius 3 is 2.64 bits per heavy atom. The van der Waals surface area contributed by atoms with E-state index in [0.717, 1.165) is 0 Å². The molecule has 9 nitrogen and oxygen atoms in total. The zero-order chi connectivity index (χ0) is 23.8. The lowest BCUT2D eigenvalue weighted by Gasteiger charge is -2.36. The number of sulfonamides is 1. The van der Waals surface area contributed by atoms with Gasteiger partial charge in [0.1, 0.15) is 11.9 Å². The number of nitrogens with one attached hydrogen (secondary N) is 3. The molecule has 1 aliphatic heterocycles. The number of ether oxygens (including phenoxy) is 2. The number of aliphatic hydroxyl groups is 1. The normalized spacial score (nSPS) is 20.8. The maximum Gasteiger partial charge on any atom is 0.319 e. The molecule has 4 N–H and O–H groups in total. The van der Waals surface area contributed by atoms with E-state index in [2.05, 4.69) is 15.4 Å². The summed E-state index contributed by atoms with van der Waals surface area (Å²) in [7, 11) is -2.11. The summed E-state index contributed by atoms with van der Waals surface area (Å²) >= 11 is 5.87. The van der Waals surface area contributed by atoms with Crippen molar-refractivity contribution in [2.75, 3.05) is 25.6 Å². The summed E-state index contributed by atoms with van der Waals surface area (Å²) < 4.78 is 38.3. The number of rotatable bonds is 9. The first-order valence-corrected chi connectivity index (χ1v) is 12.4. The van der Waals surface area contributed by atoms with E-state index >= 15 is 0 Å². The zero-order valence-electron chi connectivity index (χ0n) is 18.2. The van der Waals surface area contributed by atoms with Crippen LogP contribution in [-0.4, -0.2) is 58.1 Å². The molecule has 0 aliphatic carbocycles. The number of amides is 2. The standard InChI is InChI=1S/C22H28ClN3O6S/c1-31-17-7-5-16(6-8-17)25-22(28)26-20-10-9-18(32-21(20)14-27)11-12-24-33(29,30)19-4-2-3-15(23)13-19/h2-8,13,18,20-21,24,27H,9-12,14H2,1H3,(H2,25,26,28)/t18-,20-,21+/m0/s1. The van der Waals surface area contributed by atoms with Gasteiger partial charge in [0, 0.05) is 17.3 Å². The number of carbonyl (C=O) groups is 1. The highest BCUT2D eigenvalue weighted by Gasteiger charge is 2.32. The van der Waals surface area contributed by atoms with Crippen LogP contribution >= 0.6 is 11.6 Å². The summed E-state index contributed by atoms with van der Waals surface area (Å²) in [5.74, 6) is 0.683. The molecule has 1 heterocycles. The Balaban J connectivity index is 1.46. The molecule has 11 heteroatoms. The van der Waals surface area contributed by atoms with Crippen LogP contribution < -0.4 is 20.1 Å². The van der Waals surface area contributed by atoms with Crippen LogP contribution in [-0.2, 0) is 14.8 Å². The van der Waals surface area contributed by atoms with Crippen molar-refractivity contribution in [1.82, 2.24) is 10.0 Å². The average molecular weight is 498 g/mol. The molecule has 1 fully saturated rings. The first-order chi connectivity index (χ1) is 15.8. The van der Waals surface area contributed by atoms with Crippen molar-refractivity contribution < 1.29 is 27.8 Å². The molecule has 1 aliphatic rings. The van der Waals surface area contributed by atoms with Crippen LogP contribution in [0.15, 0.2) is 53.4 Å². The second-order valence-electron chi connectivity index (χ2n) is 7.63. The number of aliphatic hydroxyl groups excluding tert-OH is 1. The van der Waals surface area contributed by atoms with Gasteiger partial charge in [0.05, 0.1) is 30.8 Å². The van der Waals surface area contributed by atoms with E-state index in [1.807, 2.05) is 0 Å². The van der Waals surface area contributed by atoms with E-state index < -0.39 is 22.2 Å². The van der Waals surface area contributed by atoms with E-state index in [4.69, 9.17) is 21.1 Å². The number of anilines is 1. The number of methoxy groups -OCH3 is 1. The van der Waals surface area contributed by atoms with E-state index in [1.165, 1.54) is 12.1 Å². The van der Waals surface area contributed by atoms with Crippen LogP contribution in [0.25, 0.3) is 0 Å². The van der Waals surface area contributed by atoms with Crippen LogP contribution in [0.1, 0.15) is 19.3 Å². The van der Waals surface area contributed by atoms with Crippen LogP contribution in [0.3, 0.4) is 0 Å². The second kappa shape index (κ2) is 11.7. The molecule has 0 saturated carbocycles. The number of hydrogen-bond acceptors (Lipinski definition) is 6. The predicted octanol–water partition coefficient (Wildman–Crippen LogP) is 2.75. The summed E-state index contributed by atoms with van der Waals surface area (Å²) in [6.45, 7) is -0.0913. The third-order valence-corrected chi connectivity index (χ3v) is 7.02. The SMILES string of the molecule is COc1ccc(NC(=O)N[C@H]2CC[C@@H](CCNS(=O)(=O)c3cccc(Cl)c3)O[C@@H]2CO)cc1. The number of carbonyl (C=O) groups excluding carboxylic acids is 1. The minimum absolute atomic E-state index is 0.0972. The largest absolute Gasteiger partial charge is 0.497 e. The fourth-order valence-corrected chi connectivity index (χ4v) is 4.94. The van der Waals surface area contributed by atoms with Crippen molar-refractivity contribution in [3.05, 3.63) is 53.6 Å². The molecule has 33 heavy (non-hydrogen) atoms. The highest BCUT2D eigenvalue weighted by Crippen LogP contribution is 2.23. The lowest BCUT2D eigenvalue weighted by atomic mass is 9.97. The number of urea groups is 1. The maximum atomic E-state index is 12.4. The van der Waals surface area contributed by atoms with Gasteiger partial charge in [0.25, 0.3) is 0 Å². The summed E-state index contributed by atoms with van der Waals surface area (Å²) in [6, 6.07) is 12.2. The van der Waals surface area contributed by atoms with Crippen molar-refractivity contribution >= 4 is 33.3 Å². The fraction of sp³-hybridized carbons (Fsp3) is 0.409. The lowest BCUT2D eigenvalue weighted by Crippen LogP contribution is -2.52. The first kappa shape index (κ1) is 25.3. The van der Waals surface area contributed by atoms with Gasteiger partial charge in [-0.2, -0.15) is 0 Å². The smallest absolute Gasteiger partial charge is 0.319 e. The zero-order valence-corrected chi connectivity index (χ0v) is 19.7. The fourth-order valence-electron chi connectivity index (χ4n) is 3.59. The van der Waals surface area contributed by atoms with Crippen molar-refractivity contribution in [3.63, 3.8) is 0 Å². The Morgan fingerprint density at radius 2 is 1.97 bits per heavy atom. The molecule has 3 rings (SSSR count). The minimum Gasteiger partial charge on any atom is -0.497 e. The molecule has 1 saturated heterocycles. The van der Waals surface area contributed by atoms with Crippen molar-refractivity contribution in [2.45, 2.75) is 42.4 Å². The van der Waals surface area contributed by atoms with Gasteiger partial charge in [-0.25, -0.2) is 17.9 Å². The van der Waals surface area contributed by atoms with Crippen LogP contribution in [0, 0.1) is 0 Å². The predicted molar refractivity (Wildman–Crippen MR) is 125 cm³/mol. The highest BCUT2D eigenvalue weighted by atomic mass is 35.5. The third-order valence-electron chi connectivity index (χ3n) is 5.32. The first-order valence-electron chi connectivity index (χ1n) is 10.5. The summed E-state index contributed by atoms with van der Waals surface area (Å²) in [5, 5.41) is 15.6. The molecule has 2 amide bonds.